The minimum absolute atomic E-state index is 0.0639. The quantitative estimate of drug-likeness (QED) is 0.647. The van der Waals surface area contributed by atoms with Crippen LogP contribution in [0.5, 0.6) is 0 Å². The Morgan fingerprint density at radius 1 is 1.24 bits per heavy atom. The highest BCUT2D eigenvalue weighted by Gasteiger charge is 2.19. The summed E-state index contributed by atoms with van der Waals surface area (Å²) in [7, 11) is 0. The molecule has 0 radical (unpaired) electrons. The fourth-order valence-electron chi connectivity index (χ4n) is 1.48. The molecule has 2 atom stereocenters. The standard InChI is InChI=1S/C13H28N2O2/c1-6-8-14-13(16)11(5)15-12(10(3)4)9-17-7-2/h10-12,15H,6-9H2,1-5H3,(H,14,16). The van der Waals surface area contributed by atoms with Crippen molar-refractivity contribution in [1.82, 2.24) is 10.6 Å². The van der Waals surface area contributed by atoms with Crippen molar-refractivity contribution in [3.63, 3.8) is 0 Å². The summed E-state index contributed by atoms with van der Waals surface area (Å²) in [6.07, 6.45) is 0.963. The summed E-state index contributed by atoms with van der Waals surface area (Å²) in [6.45, 7) is 12.3. The molecule has 4 nitrogen and oxygen atoms in total. The fourth-order valence-corrected chi connectivity index (χ4v) is 1.48. The van der Waals surface area contributed by atoms with E-state index in [4.69, 9.17) is 4.74 Å². The first-order valence-electron chi connectivity index (χ1n) is 6.64. The number of hydrogen-bond donors (Lipinski definition) is 2. The van der Waals surface area contributed by atoms with Gasteiger partial charge in [-0.25, -0.2) is 0 Å². The lowest BCUT2D eigenvalue weighted by molar-refractivity contribution is -0.123. The van der Waals surface area contributed by atoms with Gasteiger partial charge in [-0.1, -0.05) is 20.8 Å². The fraction of sp³-hybridized carbons (Fsp3) is 0.923. The van der Waals surface area contributed by atoms with E-state index in [2.05, 4.69) is 24.5 Å². The third-order valence-corrected chi connectivity index (χ3v) is 2.71. The highest BCUT2D eigenvalue weighted by Crippen LogP contribution is 2.03. The van der Waals surface area contributed by atoms with Gasteiger partial charge in [-0.15, -0.1) is 0 Å². The van der Waals surface area contributed by atoms with E-state index in [9.17, 15) is 4.79 Å². The Morgan fingerprint density at radius 2 is 1.88 bits per heavy atom. The minimum atomic E-state index is -0.172. The molecule has 2 unspecified atom stereocenters. The summed E-state index contributed by atoms with van der Waals surface area (Å²) >= 11 is 0. The molecule has 0 aromatic carbocycles. The molecular weight excluding hydrogens is 216 g/mol. The summed E-state index contributed by atoms with van der Waals surface area (Å²) in [5.74, 6) is 0.511. The van der Waals surface area contributed by atoms with Crippen molar-refractivity contribution in [3.05, 3.63) is 0 Å². The maximum absolute atomic E-state index is 11.7. The van der Waals surface area contributed by atoms with E-state index < -0.39 is 0 Å². The van der Waals surface area contributed by atoms with Crippen LogP contribution in [0, 0.1) is 5.92 Å². The highest BCUT2D eigenvalue weighted by atomic mass is 16.5. The zero-order valence-electron chi connectivity index (χ0n) is 11.9. The molecule has 0 saturated carbocycles. The van der Waals surface area contributed by atoms with Crippen LogP contribution in [0.3, 0.4) is 0 Å². The molecule has 17 heavy (non-hydrogen) atoms. The summed E-state index contributed by atoms with van der Waals surface area (Å²) in [5.41, 5.74) is 0. The molecule has 0 heterocycles. The topological polar surface area (TPSA) is 50.4 Å². The van der Waals surface area contributed by atoms with Crippen molar-refractivity contribution >= 4 is 5.91 Å². The van der Waals surface area contributed by atoms with Gasteiger partial charge in [0, 0.05) is 19.2 Å². The van der Waals surface area contributed by atoms with Crippen molar-refractivity contribution in [2.75, 3.05) is 19.8 Å². The number of nitrogens with one attached hydrogen (secondary N) is 2. The minimum Gasteiger partial charge on any atom is -0.380 e. The van der Waals surface area contributed by atoms with E-state index >= 15 is 0 Å². The van der Waals surface area contributed by atoms with Crippen LogP contribution in [0.25, 0.3) is 0 Å². The summed E-state index contributed by atoms with van der Waals surface area (Å²) in [6, 6.07) is 0.0479. The van der Waals surface area contributed by atoms with Gasteiger partial charge in [0.15, 0.2) is 0 Å². The van der Waals surface area contributed by atoms with Crippen molar-refractivity contribution in [2.45, 2.75) is 53.1 Å². The predicted molar refractivity (Wildman–Crippen MR) is 71.0 cm³/mol. The van der Waals surface area contributed by atoms with Crippen molar-refractivity contribution in [2.24, 2.45) is 5.92 Å². The van der Waals surface area contributed by atoms with E-state index in [1.165, 1.54) is 0 Å². The molecule has 0 saturated heterocycles. The largest absolute Gasteiger partial charge is 0.380 e. The Hall–Kier alpha value is -0.610. The lowest BCUT2D eigenvalue weighted by atomic mass is 10.0. The number of carbonyl (C=O) groups is 1. The lowest BCUT2D eigenvalue weighted by Crippen LogP contribution is -2.50. The maximum atomic E-state index is 11.7. The van der Waals surface area contributed by atoms with E-state index in [-0.39, 0.29) is 18.0 Å². The van der Waals surface area contributed by atoms with Gasteiger partial charge < -0.3 is 15.4 Å². The summed E-state index contributed by atoms with van der Waals surface area (Å²) in [5, 5.41) is 6.21. The third-order valence-electron chi connectivity index (χ3n) is 2.71. The van der Waals surface area contributed by atoms with E-state index in [1.807, 2.05) is 20.8 Å². The van der Waals surface area contributed by atoms with Crippen LogP contribution in [0.4, 0.5) is 0 Å². The van der Waals surface area contributed by atoms with Crippen molar-refractivity contribution < 1.29 is 9.53 Å². The van der Waals surface area contributed by atoms with Gasteiger partial charge in [0.05, 0.1) is 12.6 Å². The first kappa shape index (κ1) is 16.4. The van der Waals surface area contributed by atoms with Gasteiger partial charge in [-0.05, 0) is 26.2 Å². The molecule has 0 bridgehead atoms. The SMILES string of the molecule is CCCNC(=O)C(C)NC(COCC)C(C)C. The molecule has 4 heteroatoms. The van der Waals surface area contributed by atoms with Crippen LogP contribution in [0.2, 0.25) is 0 Å². The van der Waals surface area contributed by atoms with E-state index in [0.29, 0.717) is 19.1 Å². The first-order chi connectivity index (χ1) is 8.02. The van der Waals surface area contributed by atoms with Gasteiger partial charge in [0.1, 0.15) is 0 Å². The zero-order valence-corrected chi connectivity index (χ0v) is 11.9. The molecular formula is C13H28N2O2. The molecule has 0 aromatic rings. The third kappa shape index (κ3) is 7.34. The second kappa shape index (κ2) is 9.42. The van der Waals surface area contributed by atoms with E-state index in [1.54, 1.807) is 0 Å². The second-order valence-corrected chi connectivity index (χ2v) is 4.69. The van der Waals surface area contributed by atoms with Gasteiger partial charge in [-0.3, -0.25) is 4.79 Å². The molecule has 0 aliphatic rings. The highest BCUT2D eigenvalue weighted by molar-refractivity contribution is 5.81. The Kier molecular flexibility index (Phi) is 9.09. The normalized spacial score (nSPS) is 14.7. The van der Waals surface area contributed by atoms with Crippen LogP contribution in [0.1, 0.15) is 41.0 Å². The van der Waals surface area contributed by atoms with Gasteiger partial charge in [-0.2, -0.15) is 0 Å². The zero-order chi connectivity index (χ0) is 13.3. The van der Waals surface area contributed by atoms with Crippen molar-refractivity contribution in [3.8, 4) is 0 Å². The molecule has 102 valence electrons. The maximum Gasteiger partial charge on any atom is 0.236 e. The molecule has 0 aromatic heterocycles. The Morgan fingerprint density at radius 3 is 2.35 bits per heavy atom. The first-order valence-corrected chi connectivity index (χ1v) is 6.64. The molecule has 0 fully saturated rings. The smallest absolute Gasteiger partial charge is 0.236 e. The number of hydrogen-bond acceptors (Lipinski definition) is 3. The number of carbonyl (C=O) groups excluding carboxylic acids is 1. The van der Waals surface area contributed by atoms with Gasteiger partial charge in [0.25, 0.3) is 0 Å². The number of amides is 1. The van der Waals surface area contributed by atoms with Gasteiger partial charge >= 0.3 is 0 Å². The Balaban J connectivity index is 4.10. The molecule has 0 aliphatic heterocycles. The van der Waals surface area contributed by atoms with Crippen LogP contribution in [-0.4, -0.2) is 37.7 Å². The average molecular weight is 244 g/mol. The van der Waals surface area contributed by atoms with Gasteiger partial charge in [0.2, 0.25) is 5.91 Å². The molecule has 0 aliphatic carbocycles. The van der Waals surface area contributed by atoms with Crippen LogP contribution < -0.4 is 10.6 Å². The second-order valence-electron chi connectivity index (χ2n) is 4.69. The van der Waals surface area contributed by atoms with Crippen LogP contribution in [-0.2, 0) is 9.53 Å². The number of rotatable bonds is 9. The molecule has 0 rings (SSSR count). The summed E-state index contributed by atoms with van der Waals surface area (Å²) in [4.78, 5) is 11.7. The van der Waals surface area contributed by atoms with Crippen LogP contribution in [0.15, 0.2) is 0 Å². The Labute approximate surface area is 105 Å². The molecule has 1 amide bonds. The molecule has 2 N–H and O–H groups in total. The lowest BCUT2D eigenvalue weighted by Gasteiger charge is -2.25. The Bertz CT molecular complexity index is 208. The number of ether oxygens (including phenoxy) is 1. The predicted octanol–water partition coefficient (Wildman–Crippen LogP) is 1.55. The van der Waals surface area contributed by atoms with Crippen molar-refractivity contribution in [1.29, 1.82) is 0 Å². The summed E-state index contributed by atoms with van der Waals surface area (Å²) < 4.78 is 5.42. The molecule has 0 spiro atoms. The van der Waals surface area contributed by atoms with E-state index in [0.717, 1.165) is 13.0 Å². The van der Waals surface area contributed by atoms with Crippen LogP contribution >= 0.6 is 0 Å². The average Bonchev–Trinajstić information content (AvgIpc) is 2.30. The monoisotopic (exact) mass is 244 g/mol.